The second-order valence-electron chi connectivity index (χ2n) is 3.99. The average Bonchev–Trinajstić information content (AvgIpc) is 2.89. The maximum atomic E-state index is 12.5. The van der Waals surface area contributed by atoms with Gasteiger partial charge in [-0.1, -0.05) is 6.07 Å². The third-order valence-corrected chi connectivity index (χ3v) is 2.56. The number of hydrogen-bond donors (Lipinski definition) is 2. The lowest BCUT2D eigenvalue weighted by Crippen LogP contribution is -2.12. The minimum Gasteiger partial charge on any atom is -0.467 e. The van der Waals surface area contributed by atoms with Crippen LogP contribution in [-0.2, 0) is 6.18 Å². The van der Waals surface area contributed by atoms with E-state index in [9.17, 15) is 18.3 Å². The molecule has 0 spiro atoms. The number of anilines is 1. The molecule has 3 nitrogen and oxygen atoms in total. The first kappa shape index (κ1) is 13.5. The van der Waals surface area contributed by atoms with Crippen molar-refractivity contribution in [3.05, 3.63) is 54.0 Å². The van der Waals surface area contributed by atoms with E-state index in [4.69, 9.17) is 4.42 Å². The molecule has 0 bridgehead atoms. The summed E-state index contributed by atoms with van der Waals surface area (Å²) in [6.45, 7) is 0.0643. The summed E-state index contributed by atoms with van der Waals surface area (Å²) >= 11 is 0. The Morgan fingerprint density at radius 1 is 1.21 bits per heavy atom. The van der Waals surface area contributed by atoms with Crippen molar-refractivity contribution >= 4 is 5.69 Å². The molecule has 2 rings (SSSR count). The van der Waals surface area contributed by atoms with Crippen LogP contribution in [0.25, 0.3) is 0 Å². The van der Waals surface area contributed by atoms with Gasteiger partial charge in [0.15, 0.2) is 0 Å². The molecule has 1 atom stereocenters. The highest BCUT2D eigenvalue weighted by Gasteiger charge is 2.30. The van der Waals surface area contributed by atoms with Gasteiger partial charge in [-0.3, -0.25) is 0 Å². The molecule has 102 valence electrons. The molecule has 0 amide bonds. The lowest BCUT2D eigenvalue weighted by Gasteiger charge is -2.12. The largest absolute Gasteiger partial charge is 0.467 e. The predicted molar refractivity (Wildman–Crippen MR) is 63.6 cm³/mol. The van der Waals surface area contributed by atoms with Gasteiger partial charge >= 0.3 is 6.18 Å². The minimum absolute atomic E-state index is 0.0643. The van der Waals surface area contributed by atoms with Crippen molar-refractivity contribution in [2.24, 2.45) is 0 Å². The summed E-state index contributed by atoms with van der Waals surface area (Å²) in [5.41, 5.74) is -0.439. The zero-order chi connectivity index (χ0) is 13.9. The Kier molecular flexibility index (Phi) is 3.80. The highest BCUT2D eigenvalue weighted by atomic mass is 19.4. The normalized spacial score (nSPS) is 13.3. The van der Waals surface area contributed by atoms with E-state index >= 15 is 0 Å². The van der Waals surface area contributed by atoms with Crippen molar-refractivity contribution in [2.75, 3.05) is 11.9 Å². The van der Waals surface area contributed by atoms with Gasteiger partial charge in [-0.05, 0) is 30.3 Å². The van der Waals surface area contributed by atoms with E-state index in [1.165, 1.54) is 18.4 Å². The number of nitrogens with one attached hydrogen (secondary N) is 1. The van der Waals surface area contributed by atoms with Crippen molar-refractivity contribution in [3.8, 4) is 0 Å². The Morgan fingerprint density at radius 2 is 2.00 bits per heavy atom. The van der Waals surface area contributed by atoms with Crippen LogP contribution in [0.4, 0.5) is 18.9 Å². The second kappa shape index (κ2) is 5.36. The van der Waals surface area contributed by atoms with Crippen LogP contribution in [0.5, 0.6) is 0 Å². The van der Waals surface area contributed by atoms with Gasteiger partial charge in [0.05, 0.1) is 11.8 Å². The van der Waals surface area contributed by atoms with Crippen LogP contribution in [0, 0.1) is 0 Å². The molecule has 1 aromatic carbocycles. The molecule has 0 saturated heterocycles. The summed E-state index contributed by atoms with van der Waals surface area (Å²) < 4.78 is 42.5. The molecule has 19 heavy (non-hydrogen) atoms. The van der Waals surface area contributed by atoms with Crippen LogP contribution in [0.3, 0.4) is 0 Å². The van der Waals surface area contributed by atoms with E-state index in [1.807, 2.05) is 0 Å². The van der Waals surface area contributed by atoms with Crippen LogP contribution < -0.4 is 5.32 Å². The quantitative estimate of drug-likeness (QED) is 0.895. The van der Waals surface area contributed by atoms with Crippen LogP contribution in [0.15, 0.2) is 47.1 Å². The Labute approximate surface area is 107 Å². The highest BCUT2D eigenvalue weighted by Crippen LogP contribution is 2.30. The van der Waals surface area contributed by atoms with Gasteiger partial charge in [-0.2, -0.15) is 13.2 Å². The lowest BCUT2D eigenvalue weighted by molar-refractivity contribution is -0.137. The van der Waals surface area contributed by atoms with Crippen LogP contribution >= 0.6 is 0 Å². The van der Waals surface area contributed by atoms with Crippen molar-refractivity contribution < 1.29 is 22.7 Å². The Balaban J connectivity index is 2.00. The van der Waals surface area contributed by atoms with E-state index in [0.29, 0.717) is 11.4 Å². The Bertz CT molecular complexity index is 523. The standard InChI is InChI=1S/C13H12F3NO2/c14-13(15,16)9-3-1-4-10(7-9)17-8-11(18)12-5-2-6-19-12/h1-7,11,17-18H,8H2. The average molecular weight is 271 g/mol. The van der Waals surface area contributed by atoms with Crippen LogP contribution in [0.2, 0.25) is 0 Å². The van der Waals surface area contributed by atoms with Crippen LogP contribution in [0.1, 0.15) is 17.4 Å². The molecule has 6 heteroatoms. The number of rotatable bonds is 4. The molecular weight excluding hydrogens is 259 g/mol. The Hall–Kier alpha value is -1.95. The smallest absolute Gasteiger partial charge is 0.416 e. The molecule has 0 aliphatic carbocycles. The monoisotopic (exact) mass is 271 g/mol. The predicted octanol–water partition coefficient (Wildman–Crippen LogP) is 3.44. The van der Waals surface area contributed by atoms with E-state index in [2.05, 4.69) is 5.32 Å². The van der Waals surface area contributed by atoms with Gasteiger partial charge < -0.3 is 14.8 Å². The molecule has 1 aromatic heterocycles. The first-order chi connectivity index (χ1) is 8.97. The molecule has 0 radical (unpaired) electrons. The van der Waals surface area contributed by atoms with Gasteiger partial charge in [-0.25, -0.2) is 0 Å². The van der Waals surface area contributed by atoms with Gasteiger partial charge in [0.1, 0.15) is 11.9 Å². The lowest BCUT2D eigenvalue weighted by atomic mass is 10.2. The third kappa shape index (κ3) is 3.51. The fourth-order valence-corrected chi connectivity index (χ4v) is 1.60. The van der Waals surface area contributed by atoms with Gasteiger partial charge in [0.2, 0.25) is 0 Å². The van der Waals surface area contributed by atoms with Gasteiger partial charge in [0, 0.05) is 12.2 Å². The van der Waals surface area contributed by atoms with Crippen molar-refractivity contribution in [1.82, 2.24) is 0 Å². The number of aliphatic hydroxyl groups is 1. The first-order valence-corrected chi connectivity index (χ1v) is 5.59. The zero-order valence-corrected chi connectivity index (χ0v) is 9.82. The van der Waals surface area contributed by atoms with Crippen LogP contribution in [-0.4, -0.2) is 11.7 Å². The van der Waals surface area contributed by atoms with Gasteiger partial charge in [0.25, 0.3) is 0 Å². The SMILES string of the molecule is OC(CNc1cccc(C(F)(F)F)c1)c1ccco1. The summed E-state index contributed by atoms with van der Waals surface area (Å²) in [5, 5.41) is 12.5. The minimum atomic E-state index is -4.38. The third-order valence-electron chi connectivity index (χ3n) is 2.56. The molecule has 0 aliphatic rings. The van der Waals surface area contributed by atoms with Crippen molar-refractivity contribution in [2.45, 2.75) is 12.3 Å². The fourth-order valence-electron chi connectivity index (χ4n) is 1.60. The Morgan fingerprint density at radius 3 is 2.63 bits per heavy atom. The van der Waals surface area contributed by atoms with Crippen molar-refractivity contribution in [1.29, 1.82) is 0 Å². The highest BCUT2D eigenvalue weighted by molar-refractivity contribution is 5.46. The molecule has 1 unspecified atom stereocenters. The molecule has 0 saturated carbocycles. The molecular formula is C13H12F3NO2. The molecule has 0 aliphatic heterocycles. The van der Waals surface area contributed by atoms with Crippen molar-refractivity contribution in [3.63, 3.8) is 0 Å². The van der Waals surface area contributed by atoms with E-state index in [-0.39, 0.29) is 6.54 Å². The molecule has 2 aromatic rings. The summed E-state index contributed by atoms with van der Waals surface area (Å²) in [4.78, 5) is 0. The number of furan rings is 1. The number of alkyl halides is 3. The molecule has 1 heterocycles. The zero-order valence-electron chi connectivity index (χ0n) is 9.82. The first-order valence-electron chi connectivity index (χ1n) is 5.59. The number of aliphatic hydroxyl groups excluding tert-OH is 1. The number of halogens is 3. The summed E-state index contributed by atoms with van der Waals surface area (Å²) in [6, 6.07) is 8.03. The van der Waals surface area contributed by atoms with E-state index < -0.39 is 17.8 Å². The van der Waals surface area contributed by atoms with Gasteiger partial charge in [-0.15, -0.1) is 0 Å². The van der Waals surface area contributed by atoms with E-state index in [0.717, 1.165) is 12.1 Å². The summed E-state index contributed by atoms with van der Waals surface area (Å²) in [7, 11) is 0. The summed E-state index contributed by atoms with van der Waals surface area (Å²) in [6.07, 6.45) is -3.87. The topological polar surface area (TPSA) is 45.4 Å². The maximum absolute atomic E-state index is 12.5. The number of hydrogen-bond acceptors (Lipinski definition) is 3. The fraction of sp³-hybridized carbons (Fsp3) is 0.231. The second-order valence-corrected chi connectivity index (χ2v) is 3.99. The number of benzene rings is 1. The summed E-state index contributed by atoms with van der Waals surface area (Å²) in [5.74, 6) is 0.361. The maximum Gasteiger partial charge on any atom is 0.416 e. The molecule has 0 fully saturated rings. The van der Waals surface area contributed by atoms with E-state index in [1.54, 1.807) is 12.1 Å². The molecule has 2 N–H and O–H groups in total.